The largest absolute Gasteiger partial charge is 0.497 e. The van der Waals surface area contributed by atoms with Crippen LogP contribution in [0.1, 0.15) is 23.6 Å². The molecule has 17 heavy (non-hydrogen) atoms. The molecule has 0 spiro atoms. The molecule has 0 aliphatic heterocycles. The van der Waals surface area contributed by atoms with Crippen molar-refractivity contribution in [3.05, 3.63) is 35.7 Å². The minimum Gasteiger partial charge on any atom is -0.497 e. The number of benzene rings is 1. The molecule has 1 aromatic heterocycles. The number of hydrogen-bond acceptors (Lipinski definition) is 4. The highest BCUT2D eigenvalue weighted by Crippen LogP contribution is 2.33. The number of nitrogens with one attached hydrogen (secondary N) is 1. The molecule has 2 rings (SSSR count). The number of hydrogen-bond donors (Lipinski definition) is 1. The second-order valence-electron chi connectivity index (χ2n) is 3.74. The van der Waals surface area contributed by atoms with Crippen molar-refractivity contribution in [3.8, 4) is 5.75 Å². The molecule has 1 N–H and O–H groups in total. The molecule has 0 amide bonds. The van der Waals surface area contributed by atoms with Gasteiger partial charge in [0, 0.05) is 5.25 Å². The molecule has 0 saturated carbocycles. The molecule has 1 atom stereocenters. The summed E-state index contributed by atoms with van der Waals surface area (Å²) in [5.41, 5.74) is 1.21. The number of nitrogens with zero attached hydrogens (tertiary/aromatic N) is 2. The van der Waals surface area contributed by atoms with E-state index in [0.29, 0.717) is 5.25 Å². The first-order chi connectivity index (χ1) is 8.19. The van der Waals surface area contributed by atoms with Crippen LogP contribution in [0, 0.1) is 6.92 Å². The Morgan fingerprint density at radius 3 is 2.88 bits per heavy atom. The monoisotopic (exact) mass is 249 g/mol. The summed E-state index contributed by atoms with van der Waals surface area (Å²) in [7, 11) is 1.68. The van der Waals surface area contributed by atoms with E-state index in [9.17, 15) is 0 Å². The molecule has 0 unspecified atom stereocenters. The van der Waals surface area contributed by atoms with Gasteiger partial charge >= 0.3 is 0 Å². The molecule has 0 aliphatic rings. The summed E-state index contributed by atoms with van der Waals surface area (Å²) in [5.74, 6) is 1.71. The van der Waals surface area contributed by atoms with Crippen LogP contribution in [0.2, 0.25) is 0 Å². The Hall–Kier alpha value is -1.49. The molecular formula is C12H15N3OS. The fourth-order valence-electron chi connectivity index (χ4n) is 1.50. The van der Waals surface area contributed by atoms with Crippen LogP contribution in [0.3, 0.4) is 0 Å². The maximum atomic E-state index is 5.21. The summed E-state index contributed by atoms with van der Waals surface area (Å²) in [6, 6.07) is 8.06. The Kier molecular flexibility index (Phi) is 3.68. The van der Waals surface area contributed by atoms with Gasteiger partial charge < -0.3 is 4.74 Å². The maximum absolute atomic E-state index is 5.21. The second kappa shape index (κ2) is 5.23. The Bertz CT molecular complexity index is 498. The molecule has 1 aromatic carbocycles. The van der Waals surface area contributed by atoms with Crippen LogP contribution in [0.15, 0.2) is 29.4 Å². The number of H-pyrrole nitrogens is 1. The minimum absolute atomic E-state index is 0.292. The van der Waals surface area contributed by atoms with E-state index in [0.717, 1.165) is 16.7 Å². The van der Waals surface area contributed by atoms with Crippen LogP contribution < -0.4 is 4.74 Å². The third-order valence-electron chi connectivity index (χ3n) is 2.42. The number of rotatable bonds is 4. The molecule has 0 aliphatic carbocycles. The van der Waals surface area contributed by atoms with Gasteiger partial charge in [-0.2, -0.15) is 0 Å². The summed E-state index contributed by atoms with van der Waals surface area (Å²) in [6.45, 7) is 4.03. The number of aromatic amines is 1. The Morgan fingerprint density at radius 1 is 1.41 bits per heavy atom. The maximum Gasteiger partial charge on any atom is 0.209 e. The highest BCUT2D eigenvalue weighted by Gasteiger charge is 2.11. The molecule has 2 aromatic rings. The molecule has 4 nitrogen and oxygen atoms in total. The van der Waals surface area contributed by atoms with Crippen molar-refractivity contribution in [3.63, 3.8) is 0 Å². The zero-order valence-electron chi connectivity index (χ0n) is 10.1. The number of ether oxygens (including phenoxy) is 1. The van der Waals surface area contributed by atoms with E-state index in [1.54, 1.807) is 18.9 Å². The predicted molar refractivity (Wildman–Crippen MR) is 68.4 cm³/mol. The first-order valence-electron chi connectivity index (χ1n) is 5.38. The van der Waals surface area contributed by atoms with Crippen molar-refractivity contribution in [2.24, 2.45) is 0 Å². The van der Waals surface area contributed by atoms with Crippen molar-refractivity contribution in [2.75, 3.05) is 7.11 Å². The molecule has 0 radical (unpaired) electrons. The summed E-state index contributed by atoms with van der Waals surface area (Å²) >= 11 is 1.63. The topological polar surface area (TPSA) is 50.8 Å². The first-order valence-corrected chi connectivity index (χ1v) is 6.26. The fraction of sp³-hybridized carbons (Fsp3) is 0.333. The smallest absolute Gasteiger partial charge is 0.209 e. The summed E-state index contributed by atoms with van der Waals surface area (Å²) in [4.78, 5) is 4.28. The predicted octanol–water partition coefficient (Wildman–Crippen LogP) is 2.98. The number of thioether (sulfide) groups is 1. The van der Waals surface area contributed by atoms with Gasteiger partial charge in [0.15, 0.2) is 0 Å². The summed E-state index contributed by atoms with van der Waals surface area (Å²) < 4.78 is 5.21. The average Bonchev–Trinajstić information content (AvgIpc) is 2.75. The molecule has 0 fully saturated rings. The molecule has 1 heterocycles. The standard InChI is InChI=1S/C12H15N3OS/c1-8(17-12-13-9(2)14-15-12)10-5-4-6-11(7-10)16-3/h4-8H,1-3H3,(H,13,14,15)/t8-/m0/s1. The molecular weight excluding hydrogens is 234 g/mol. The van der Waals surface area contributed by atoms with E-state index in [4.69, 9.17) is 4.74 Å². The van der Waals surface area contributed by atoms with Crippen molar-refractivity contribution < 1.29 is 4.74 Å². The highest BCUT2D eigenvalue weighted by atomic mass is 32.2. The lowest BCUT2D eigenvalue weighted by Crippen LogP contribution is -1.91. The van der Waals surface area contributed by atoms with Gasteiger partial charge in [-0.25, -0.2) is 4.98 Å². The zero-order chi connectivity index (χ0) is 12.3. The number of aromatic nitrogens is 3. The van der Waals surface area contributed by atoms with Crippen LogP contribution in [-0.4, -0.2) is 22.3 Å². The van der Waals surface area contributed by atoms with E-state index in [2.05, 4.69) is 28.2 Å². The molecule has 90 valence electrons. The average molecular weight is 249 g/mol. The van der Waals surface area contributed by atoms with Crippen molar-refractivity contribution in [1.29, 1.82) is 0 Å². The highest BCUT2D eigenvalue weighted by molar-refractivity contribution is 7.99. The van der Waals surface area contributed by atoms with Crippen molar-refractivity contribution >= 4 is 11.8 Å². The Balaban J connectivity index is 2.11. The number of aryl methyl sites for hydroxylation is 1. The molecule has 0 bridgehead atoms. The van der Waals surface area contributed by atoms with Gasteiger partial charge in [0.2, 0.25) is 5.16 Å². The fourth-order valence-corrected chi connectivity index (χ4v) is 2.38. The van der Waals surface area contributed by atoms with Gasteiger partial charge in [0.25, 0.3) is 0 Å². The van der Waals surface area contributed by atoms with E-state index >= 15 is 0 Å². The second-order valence-corrected chi connectivity index (χ2v) is 5.05. The Labute approximate surface area is 105 Å². The third kappa shape index (κ3) is 3.00. The van der Waals surface area contributed by atoms with E-state index in [-0.39, 0.29) is 0 Å². The van der Waals surface area contributed by atoms with Crippen molar-refractivity contribution in [1.82, 2.24) is 15.2 Å². The van der Waals surface area contributed by atoms with E-state index < -0.39 is 0 Å². The van der Waals surface area contributed by atoms with E-state index in [1.807, 2.05) is 25.1 Å². The van der Waals surface area contributed by atoms with Crippen LogP contribution in [-0.2, 0) is 0 Å². The van der Waals surface area contributed by atoms with Gasteiger partial charge in [0.1, 0.15) is 11.6 Å². The SMILES string of the molecule is COc1cccc([C@H](C)Sc2n[nH]c(C)n2)c1. The van der Waals surface area contributed by atoms with Gasteiger partial charge in [-0.05, 0) is 31.5 Å². The Morgan fingerprint density at radius 2 is 2.24 bits per heavy atom. The lowest BCUT2D eigenvalue weighted by molar-refractivity contribution is 0.414. The van der Waals surface area contributed by atoms with Crippen LogP contribution in [0.4, 0.5) is 0 Å². The van der Waals surface area contributed by atoms with Gasteiger partial charge in [0.05, 0.1) is 7.11 Å². The lowest BCUT2D eigenvalue weighted by Gasteiger charge is -2.10. The van der Waals surface area contributed by atoms with Crippen LogP contribution in [0.25, 0.3) is 0 Å². The summed E-state index contributed by atoms with van der Waals surface area (Å²) in [5, 5.41) is 8.03. The van der Waals surface area contributed by atoms with Crippen LogP contribution in [0.5, 0.6) is 5.75 Å². The molecule has 0 saturated heterocycles. The summed E-state index contributed by atoms with van der Waals surface area (Å²) in [6.07, 6.45) is 0. The lowest BCUT2D eigenvalue weighted by atomic mass is 10.1. The van der Waals surface area contributed by atoms with Gasteiger partial charge in [-0.1, -0.05) is 23.9 Å². The van der Waals surface area contributed by atoms with Gasteiger partial charge in [-0.3, -0.25) is 5.10 Å². The zero-order valence-corrected chi connectivity index (χ0v) is 10.9. The quantitative estimate of drug-likeness (QED) is 0.846. The van der Waals surface area contributed by atoms with Crippen molar-refractivity contribution in [2.45, 2.75) is 24.3 Å². The molecule has 5 heteroatoms. The van der Waals surface area contributed by atoms with Crippen LogP contribution >= 0.6 is 11.8 Å². The normalized spacial score (nSPS) is 12.4. The minimum atomic E-state index is 0.292. The van der Waals surface area contributed by atoms with Gasteiger partial charge in [-0.15, -0.1) is 5.10 Å². The number of methoxy groups -OCH3 is 1. The third-order valence-corrected chi connectivity index (χ3v) is 3.44. The first kappa shape index (κ1) is 12.0. The van der Waals surface area contributed by atoms with E-state index in [1.165, 1.54) is 5.56 Å².